The number of imidazole rings is 1. The Morgan fingerprint density at radius 2 is 2.21 bits per heavy atom. The van der Waals surface area contributed by atoms with Crippen LogP contribution in [0.4, 0.5) is 5.82 Å². The topological polar surface area (TPSA) is 40.8 Å². The van der Waals surface area contributed by atoms with Crippen molar-refractivity contribution in [3.05, 3.63) is 30.1 Å². The molecule has 0 amide bonds. The van der Waals surface area contributed by atoms with E-state index in [1.54, 1.807) is 0 Å². The van der Waals surface area contributed by atoms with Crippen LogP contribution in [0.25, 0.3) is 5.65 Å². The van der Waals surface area contributed by atoms with Crippen LogP contribution in [-0.2, 0) is 6.61 Å². The van der Waals surface area contributed by atoms with Gasteiger partial charge in [0.15, 0.2) is 5.82 Å². The van der Waals surface area contributed by atoms with Gasteiger partial charge < -0.3 is 10.0 Å². The van der Waals surface area contributed by atoms with E-state index in [2.05, 4.69) is 18.7 Å². The van der Waals surface area contributed by atoms with Gasteiger partial charge in [-0.2, -0.15) is 0 Å². The molecule has 0 aromatic carbocycles. The minimum atomic E-state index is 0.0279. The second-order valence-electron chi connectivity index (χ2n) is 5.36. The minimum Gasteiger partial charge on any atom is -0.390 e. The summed E-state index contributed by atoms with van der Waals surface area (Å²) in [6.45, 7) is 4.51. The lowest BCUT2D eigenvalue weighted by atomic mass is 10.1. The molecule has 2 atom stereocenters. The molecule has 0 saturated carbocycles. The second kappa shape index (κ2) is 4.85. The maximum Gasteiger partial charge on any atom is 0.154 e. The number of anilines is 1. The smallest absolute Gasteiger partial charge is 0.154 e. The molecule has 2 aromatic rings. The number of aliphatic hydroxyl groups excluding tert-OH is 1. The van der Waals surface area contributed by atoms with Crippen LogP contribution in [0.1, 0.15) is 38.8 Å². The van der Waals surface area contributed by atoms with Gasteiger partial charge in [-0.1, -0.05) is 13.0 Å². The predicted molar refractivity (Wildman–Crippen MR) is 76.4 cm³/mol. The highest BCUT2D eigenvalue weighted by Crippen LogP contribution is 2.34. The maximum atomic E-state index is 9.72. The summed E-state index contributed by atoms with van der Waals surface area (Å²) in [5, 5.41) is 9.72. The Kier molecular flexibility index (Phi) is 3.19. The monoisotopic (exact) mass is 259 g/mol. The van der Waals surface area contributed by atoms with Gasteiger partial charge in [-0.05, 0) is 38.3 Å². The van der Waals surface area contributed by atoms with Crippen molar-refractivity contribution < 1.29 is 5.11 Å². The van der Waals surface area contributed by atoms with Crippen LogP contribution in [0, 0.1) is 0 Å². The van der Waals surface area contributed by atoms with E-state index < -0.39 is 0 Å². The first-order chi connectivity index (χ1) is 9.26. The molecule has 0 spiro atoms. The lowest BCUT2D eigenvalue weighted by molar-refractivity contribution is 0.275. The molecule has 1 saturated heterocycles. The zero-order valence-electron chi connectivity index (χ0n) is 11.6. The van der Waals surface area contributed by atoms with E-state index in [4.69, 9.17) is 4.98 Å². The number of aliphatic hydroxyl groups is 1. The molecule has 0 radical (unpaired) electrons. The SMILES string of the molecule is CCC1CCC(C)N1c1nc2ccccn2c1CO. The highest BCUT2D eigenvalue weighted by molar-refractivity contribution is 5.57. The van der Waals surface area contributed by atoms with E-state index in [1.807, 2.05) is 28.8 Å². The van der Waals surface area contributed by atoms with Gasteiger partial charge in [-0.15, -0.1) is 0 Å². The molecular formula is C15H21N3O. The summed E-state index contributed by atoms with van der Waals surface area (Å²) in [6, 6.07) is 7.00. The number of hydrogen-bond acceptors (Lipinski definition) is 3. The largest absolute Gasteiger partial charge is 0.390 e. The van der Waals surface area contributed by atoms with Gasteiger partial charge in [-0.25, -0.2) is 4.98 Å². The predicted octanol–water partition coefficient (Wildman–Crippen LogP) is 2.59. The normalized spacial score (nSPS) is 23.4. The number of nitrogens with zero attached hydrogens (tertiary/aromatic N) is 3. The van der Waals surface area contributed by atoms with E-state index >= 15 is 0 Å². The van der Waals surface area contributed by atoms with Crippen molar-refractivity contribution in [2.75, 3.05) is 4.90 Å². The fourth-order valence-electron chi connectivity index (χ4n) is 3.24. The standard InChI is InChI=1S/C15H21N3O/c1-3-12-8-7-11(2)18(12)15-13(10-19)17-9-5-4-6-14(17)16-15/h4-6,9,11-12,19H,3,7-8,10H2,1-2H3. The quantitative estimate of drug-likeness (QED) is 0.921. The van der Waals surface area contributed by atoms with Crippen LogP contribution >= 0.6 is 0 Å². The van der Waals surface area contributed by atoms with Crippen molar-refractivity contribution in [2.45, 2.75) is 51.8 Å². The molecule has 0 bridgehead atoms. The number of rotatable bonds is 3. The van der Waals surface area contributed by atoms with Crippen LogP contribution in [0.3, 0.4) is 0 Å². The van der Waals surface area contributed by atoms with Crippen LogP contribution < -0.4 is 4.90 Å². The number of fused-ring (bicyclic) bond motifs is 1. The lowest BCUT2D eigenvalue weighted by Crippen LogP contribution is -2.35. The van der Waals surface area contributed by atoms with Crippen molar-refractivity contribution in [3.63, 3.8) is 0 Å². The average Bonchev–Trinajstić information content (AvgIpc) is 2.97. The molecule has 1 fully saturated rings. The first kappa shape index (κ1) is 12.5. The van der Waals surface area contributed by atoms with Gasteiger partial charge in [0.1, 0.15) is 5.65 Å². The molecule has 2 unspecified atom stereocenters. The molecule has 0 aliphatic carbocycles. The zero-order chi connectivity index (χ0) is 13.4. The molecule has 1 N–H and O–H groups in total. The fourth-order valence-corrected chi connectivity index (χ4v) is 3.24. The second-order valence-corrected chi connectivity index (χ2v) is 5.36. The Labute approximate surface area is 113 Å². The molecular weight excluding hydrogens is 238 g/mol. The summed E-state index contributed by atoms with van der Waals surface area (Å²) in [5.74, 6) is 0.963. The highest BCUT2D eigenvalue weighted by atomic mass is 16.3. The Bertz CT molecular complexity index is 578. The van der Waals surface area contributed by atoms with E-state index in [0.717, 1.165) is 23.6 Å². The first-order valence-electron chi connectivity index (χ1n) is 7.11. The minimum absolute atomic E-state index is 0.0279. The maximum absolute atomic E-state index is 9.72. The molecule has 1 aliphatic rings. The van der Waals surface area contributed by atoms with Gasteiger partial charge in [0.2, 0.25) is 0 Å². The Hall–Kier alpha value is -1.55. The number of hydrogen-bond donors (Lipinski definition) is 1. The van der Waals surface area contributed by atoms with Gasteiger partial charge in [0, 0.05) is 18.3 Å². The van der Waals surface area contributed by atoms with E-state index in [-0.39, 0.29) is 6.61 Å². The Morgan fingerprint density at radius 1 is 1.37 bits per heavy atom. The Morgan fingerprint density at radius 3 is 2.95 bits per heavy atom. The summed E-state index contributed by atoms with van der Waals surface area (Å²) in [4.78, 5) is 7.14. The van der Waals surface area contributed by atoms with Gasteiger partial charge in [0.05, 0.1) is 12.3 Å². The van der Waals surface area contributed by atoms with Crippen molar-refractivity contribution in [3.8, 4) is 0 Å². The highest BCUT2D eigenvalue weighted by Gasteiger charge is 2.32. The number of pyridine rings is 1. The molecule has 3 heterocycles. The fraction of sp³-hybridized carbons (Fsp3) is 0.533. The summed E-state index contributed by atoms with van der Waals surface area (Å²) in [5.41, 5.74) is 1.82. The molecule has 2 aromatic heterocycles. The van der Waals surface area contributed by atoms with Crippen LogP contribution in [0.2, 0.25) is 0 Å². The van der Waals surface area contributed by atoms with Crippen LogP contribution in [0.15, 0.2) is 24.4 Å². The third-order valence-electron chi connectivity index (χ3n) is 4.26. The third-order valence-corrected chi connectivity index (χ3v) is 4.26. The van der Waals surface area contributed by atoms with Crippen LogP contribution in [0.5, 0.6) is 0 Å². The summed E-state index contributed by atoms with van der Waals surface area (Å²) < 4.78 is 1.99. The van der Waals surface area contributed by atoms with Gasteiger partial charge >= 0.3 is 0 Å². The summed E-state index contributed by atoms with van der Waals surface area (Å²) in [6.07, 6.45) is 5.52. The summed E-state index contributed by atoms with van der Waals surface area (Å²) in [7, 11) is 0. The molecule has 19 heavy (non-hydrogen) atoms. The third kappa shape index (κ3) is 1.91. The molecule has 4 heteroatoms. The van der Waals surface area contributed by atoms with E-state index in [9.17, 15) is 5.11 Å². The lowest BCUT2D eigenvalue weighted by Gasteiger charge is -2.28. The van der Waals surface area contributed by atoms with E-state index in [1.165, 1.54) is 12.8 Å². The molecule has 1 aliphatic heterocycles. The van der Waals surface area contributed by atoms with Crippen molar-refractivity contribution in [2.24, 2.45) is 0 Å². The van der Waals surface area contributed by atoms with Gasteiger partial charge in [0.25, 0.3) is 0 Å². The van der Waals surface area contributed by atoms with Crippen LogP contribution in [-0.4, -0.2) is 26.6 Å². The molecule has 4 nitrogen and oxygen atoms in total. The summed E-state index contributed by atoms with van der Waals surface area (Å²) >= 11 is 0. The molecule has 102 valence electrons. The van der Waals surface area contributed by atoms with Gasteiger partial charge in [-0.3, -0.25) is 4.40 Å². The van der Waals surface area contributed by atoms with Crippen molar-refractivity contribution in [1.29, 1.82) is 0 Å². The van der Waals surface area contributed by atoms with Crippen molar-refractivity contribution in [1.82, 2.24) is 9.38 Å². The van der Waals surface area contributed by atoms with Crippen molar-refractivity contribution >= 4 is 11.5 Å². The molecule has 3 rings (SSSR count). The first-order valence-corrected chi connectivity index (χ1v) is 7.11. The number of aromatic nitrogens is 2. The van der Waals surface area contributed by atoms with E-state index in [0.29, 0.717) is 12.1 Å². The Balaban J connectivity index is 2.13. The zero-order valence-corrected chi connectivity index (χ0v) is 11.6. The average molecular weight is 259 g/mol.